The third kappa shape index (κ3) is 5.41. The second kappa shape index (κ2) is 8.78. The third-order valence-corrected chi connectivity index (χ3v) is 4.38. The van der Waals surface area contributed by atoms with Gasteiger partial charge in [0.15, 0.2) is 0 Å². The van der Waals surface area contributed by atoms with Crippen LogP contribution in [-0.2, 0) is 9.59 Å². The van der Waals surface area contributed by atoms with Gasteiger partial charge in [-0.15, -0.1) is 0 Å². The van der Waals surface area contributed by atoms with Gasteiger partial charge >= 0.3 is 0 Å². The molecule has 0 aromatic heterocycles. The molecule has 0 aliphatic carbocycles. The molecule has 0 atom stereocenters. The van der Waals surface area contributed by atoms with Crippen LogP contribution in [-0.4, -0.2) is 59.6 Å². The van der Waals surface area contributed by atoms with Gasteiger partial charge in [-0.05, 0) is 50.0 Å². The Morgan fingerprint density at radius 1 is 1.28 bits per heavy atom. The average molecular weight is 346 g/mol. The van der Waals surface area contributed by atoms with E-state index >= 15 is 0 Å². The number of amides is 1. The average Bonchev–Trinajstić information content (AvgIpc) is 2.63. The molecule has 1 aromatic rings. The lowest BCUT2D eigenvalue weighted by Gasteiger charge is -2.30. The molecule has 0 unspecified atom stereocenters. The van der Waals surface area contributed by atoms with E-state index in [1.807, 2.05) is 30.3 Å². The summed E-state index contributed by atoms with van der Waals surface area (Å²) in [6.07, 6.45) is 4.98. The topological polar surface area (TPSA) is 70.1 Å². The minimum atomic E-state index is -0.790. The van der Waals surface area contributed by atoms with E-state index in [1.54, 1.807) is 13.8 Å². The van der Waals surface area contributed by atoms with Crippen molar-refractivity contribution in [2.24, 2.45) is 0 Å². The van der Waals surface area contributed by atoms with Crippen molar-refractivity contribution < 1.29 is 19.5 Å². The Kier molecular flexibility index (Phi) is 6.73. The molecule has 2 rings (SSSR count). The van der Waals surface area contributed by atoms with Crippen molar-refractivity contribution in [2.45, 2.75) is 32.2 Å². The standard InChI is InChI=1S/C19H26N2O4/c1-19(2,14-22)20(15-23)10-3-13-25-18-6-4-16(5-7-18)17-8-11-21(24)12-9-17/h4-8,14-15,24H,3,9-13H2,1-2H3. The number of ether oxygens (including phenoxy) is 1. The Balaban J connectivity index is 1.80. The number of benzene rings is 1. The number of rotatable bonds is 9. The molecular formula is C19H26N2O4. The van der Waals surface area contributed by atoms with Gasteiger partial charge in [-0.3, -0.25) is 4.79 Å². The molecular weight excluding hydrogens is 320 g/mol. The lowest BCUT2D eigenvalue weighted by molar-refractivity contribution is -0.130. The number of nitrogens with zero attached hydrogens (tertiary/aromatic N) is 2. The highest BCUT2D eigenvalue weighted by atomic mass is 16.5. The van der Waals surface area contributed by atoms with Gasteiger partial charge in [0.1, 0.15) is 12.0 Å². The van der Waals surface area contributed by atoms with Crippen LogP contribution in [0.4, 0.5) is 0 Å². The Hall–Kier alpha value is -2.18. The van der Waals surface area contributed by atoms with E-state index in [4.69, 9.17) is 4.74 Å². The Labute approximate surface area is 148 Å². The van der Waals surface area contributed by atoms with E-state index < -0.39 is 5.54 Å². The minimum Gasteiger partial charge on any atom is -0.494 e. The van der Waals surface area contributed by atoms with Crippen molar-refractivity contribution in [3.05, 3.63) is 35.9 Å². The number of carbonyl (C=O) groups excluding carboxylic acids is 2. The molecule has 136 valence electrons. The smallest absolute Gasteiger partial charge is 0.210 e. The Bertz CT molecular complexity index is 610. The Morgan fingerprint density at radius 3 is 2.56 bits per heavy atom. The van der Waals surface area contributed by atoms with E-state index in [2.05, 4.69) is 0 Å². The molecule has 25 heavy (non-hydrogen) atoms. The van der Waals surface area contributed by atoms with Crippen LogP contribution < -0.4 is 4.74 Å². The highest BCUT2D eigenvalue weighted by Crippen LogP contribution is 2.24. The lowest BCUT2D eigenvalue weighted by Crippen LogP contribution is -2.45. The van der Waals surface area contributed by atoms with Crippen LogP contribution in [0.5, 0.6) is 5.75 Å². The van der Waals surface area contributed by atoms with Crippen LogP contribution in [0.25, 0.3) is 5.57 Å². The van der Waals surface area contributed by atoms with E-state index in [0.29, 0.717) is 39.1 Å². The molecule has 1 heterocycles. The first-order valence-electron chi connectivity index (χ1n) is 8.51. The summed E-state index contributed by atoms with van der Waals surface area (Å²) in [5.74, 6) is 0.774. The summed E-state index contributed by atoms with van der Waals surface area (Å²) >= 11 is 0. The van der Waals surface area contributed by atoms with Gasteiger partial charge in [0.05, 0.1) is 12.1 Å². The highest BCUT2D eigenvalue weighted by molar-refractivity contribution is 5.68. The quantitative estimate of drug-likeness (QED) is 0.549. The van der Waals surface area contributed by atoms with Crippen LogP contribution in [0.15, 0.2) is 30.3 Å². The second-order valence-corrected chi connectivity index (χ2v) is 6.69. The van der Waals surface area contributed by atoms with E-state index in [1.165, 1.54) is 15.5 Å². The molecule has 0 bridgehead atoms. The first-order valence-corrected chi connectivity index (χ1v) is 8.51. The number of carbonyl (C=O) groups is 2. The SMILES string of the molecule is CC(C)(C=O)N(C=O)CCCOc1ccc(C2=CCN(O)CC2)cc1. The maximum absolute atomic E-state index is 11.1. The van der Waals surface area contributed by atoms with Crippen molar-refractivity contribution in [1.82, 2.24) is 9.96 Å². The van der Waals surface area contributed by atoms with Crippen LogP contribution >= 0.6 is 0 Å². The summed E-state index contributed by atoms with van der Waals surface area (Å²) in [4.78, 5) is 23.6. The zero-order valence-electron chi connectivity index (χ0n) is 14.9. The molecule has 0 saturated heterocycles. The molecule has 0 fully saturated rings. The van der Waals surface area contributed by atoms with Crippen LogP contribution in [0, 0.1) is 0 Å². The number of hydroxylamine groups is 2. The first kappa shape index (κ1) is 19.1. The van der Waals surface area contributed by atoms with Crippen LogP contribution in [0.1, 0.15) is 32.3 Å². The third-order valence-electron chi connectivity index (χ3n) is 4.38. The Morgan fingerprint density at radius 2 is 2.00 bits per heavy atom. The summed E-state index contributed by atoms with van der Waals surface area (Å²) in [6, 6.07) is 7.88. The fourth-order valence-corrected chi connectivity index (χ4v) is 2.66. The molecule has 0 spiro atoms. The molecule has 1 aliphatic heterocycles. The summed E-state index contributed by atoms with van der Waals surface area (Å²) < 4.78 is 5.71. The summed E-state index contributed by atoms with van der Waals surface area (Å²) in [5.41, 5.74) is 1.58. The zero-order valence-corrected chi connectivity index (χ0v) is 14.9. The van der Waals surface area contributed by atoms with E-state index in [9.17, 15) is 14.8 Å². The molecule has 1 N–H and O–H groups in total. The zero-order chi connectivity index (χ0) is 18.3. The fourth-order valence-electron chi connectivity index (χ4n) is 2.66. The molecule has 6 heteroatoms. The van der Waals surface area contributed by atoms with Crippen LogP contribution in [0.2, 0.25) is 0 Å². The van der Waals surface area contributed by atoms with Crippen molar-refractivity contribution in [3.8, 4) is 5.75 Å². The highest BCUT2D eigenvalue weighted by Gasteiger charge is 2.24. The number of hydrogen-bond donors (Lipinski definition) is 1. The monoisotopic (exact) mass is 346 g/mol. The predicted octanol–water partition coefficient (Wildman–Crippen LogP) is 2.37. The summed E-state index contributed by atoms with van der Waals surface area (Å²) in [7, 11) is 0. The minimum absolute atomic E-state index is 0.470. The second-order valence-electron chi connectivity index (χ2n) is 6.69. The first-order chi connectivity index (χ1) is 12.0. The predicted molar refractivity (Wildman–Crippen MR) is 95.4 cm³/mol. The van der Waals surface area contributed by atoms with Gasteiger partial charge in [0.25, 0.3) is 0 Å². The van der Waals surface area contributed by atoms with Crippen molar-refractivity contribution >= 4 is 18.3 Å². The molecule has 1 aromatic carbocycles. The number of hydrogen-bond acceptors (Lipinski definition) is 5. The molecule has 0 radical (unpaired) electrons. The fraction of sp³-hybridized carbons (Fsp3) is 0.474. The van der Waals surface area contributed by atoms with E-state index in [0.717, 1.165) is 24.0 Å². The van der Waals surface area contributed by atoms with Crippen LogP contribution in [0.3, 0.4) is 0 Å². The van der Waals surface area contributed by atoms with Crippen molar-refractivity contribution in [1.29, 1.82) is 0 Å². The van der Waals surface area contributed by atoms with Crippen molar-refractivity contribution in [2.75, 3.05) is 26.2 Å². The van der Waals surface area contributed by atoms with Crippen molar-refractivity contribution in [3.63, 3.8) is 0 Å². The maximum Gasteiger partial charge on any atom is 0.210 e. The van der Waals surface area contributed by atoms with Gasteiger partial charge in [-0.2, -0.15) is 5.06 Å². The molecule has 6 nitrogen and oxygen atoms in total. The molecule has 0 saturated carbocycles. The lowest BCUT2D eigenvalue weighted by atomic mass is 10.0. The van der Waals surface area contributed by atoms with Gasteiger partial charge in [-0.1, -0.05) is 18.2 Å². The van der Waals surface area contributed by atoms with E-state index in [-0.39, 0.29) is 0 Å². The van der Waals surface area contributed by atoms with Gasteiger partial charge in [0, 0.05) is 19.6 Å². The normalized spacial score (nSPS) is 15.4. The summed E-state index contributed by atoms with van der Waals surface area (Å²) in [5, 5.41) is 10.7. The number of aldehydes is 1. The van der Waals surface area contributed by atoms with Gasteiger partial charge in [0.2, 0.25) is 6.41 Å². The maximum atomic E-state index is 11.1. The molecule has 1 amide bonds. The molecule has 1 aliphatic rings. The van der Waals surface area contributed by atoms with Gasteiger partial charge < -0.3 is 19.6 Å². The summed E-state index contributed by atoms with van der Waals surface area (Å²) in [6.45, 7) is 5.57. The van der Waals surface area contributed by atoms with Gasteiger partial charge in [-0.25, -0.2) is 0 Å². The largest absolute Gasteiger partial charge is 0.494 e.